The van der Waals surface area contributed by atoms with Gasteiger partial charge in [-0.1, -0.05) is 39.3 Å². The van der Waals surface area contributed by atoms with E-state index >= 15 is 0 Å². The van der Waals surface area contributed by atoms with Crippen LogP contribution in [0.25, 0.3) is 0 Å². The van der Waals surface area contributed by atoms with E-state index < -0.39 is 21.6 Å². The summed E-state index contributed by atoms with van der Waals surface area (Å²) < 4.78 is 32.5. The summed E-state index contributed by atoms with van der Waals surface area (Å²) >= 11 is 0. The van der Waals surface area contributed by atoms with Crippen LogP contribution in [0.4, 0.5) is 5.69 Å². The van der Waals surface area contributed by atoms with Gasteiger partial charge >= 0.3 is 5.63 Å². The number of aromatic hydroxyl groups is 1. The Morgan fingerprint density at radius 2 is 1.84 bits per heavy atom. The Hall–Kier alpha value is -2.61. The highest BCUT2D eigenvalue weighted by molar-refractivity contribution is 7.92. The van der Waals surface area contributed by atoms with Crippen molar-refractivity contribution in [2.75, 3.05) is 10.5 Å². The van der Waals surface area contributed by atoms with Crippen LogP contribution in [-0.2, 0) is 16.4 Å². The fraction of sp³-hybridized carbons (Fsp3) is 0.500. The minimum absolute atomic E-state index is 0.00213. The monoisotopic (exact) mass is 461 g/mol. The first-order valence-electron chi connectivity index (χ1n) is 11.2. The molecule has 1 aliphatic carbocycles. The van der Waals surface area contributed by atoms with Crippen molar-refractivity contribution < 1.29 is 22.7 Å². The second-order valence-corrected chi connectivity index (χ2v) is 10.5. The van der Waals surface area contributed by atoms with Crippen LogP contribution in [0.3, 0.4) is 0 Å². The summed E-state index contributed by atoms with van der Waals surface area (Å²) in [5, 5.41) is 11.1. The van der Waals surface area contributed by atoms with Crippen LogP contribution in [0, 0.1) is 5.92 Å². The van der Waals surface area contributed by atoms with Gasteiger partial charge in [0.1, 0.15) is 11.5 Å². The number of hydrogen-bond donors (Lipinski definition) is 2. The van der Waals surface area contributed by atoms with Crippen molar-refractivity contribution in [1.82, 2.24) is 0 Å². The number of Topliss-reactive ketones (excluding diaryl/α,β-unsaturated/α-hetero) is 1. The van der Waals surface area contributed by atoms with Gasteiger partial charge in [-0.15, -0.1) is 0 Å². The lowest BCUT2D eigenvalue weighted by Crippen LogP contribution is -2.22. The molecule has 2 aromatic rings. The molecule has 0 saturated heterocycles. The van der Waals surface area contributed by atoms with Crippen LogP contribution in [0.15, 0.2) is 33.5 Å². The summed E-state index contributed by atoms with van der Waals surface area (Å²) in [6.45, 7) is 5.58. The molecular formula is C24H31NO6S. The summed E-state index contributed by atoms with van der Waals surface area (Å²) in [5.41, 5.74) is 0.529. The lowest BCUT2D eigenvalue weighted by atomic mass is 9.81. The van der Waals surface area contributed by atoms with Crippen molar-refractivity contribution in [3.63, 3.8) is 0 Å². The average molecular weight is 462 g/mol. The number of nitrogens with one attached hydrogen (secondary N) is 1. The number of aryl methyl sites for hydroxylation is 1. The molecule has 1 heterocycles. The van der Waals surface area contributed by atoms with Crippen molar-refractivity contribution in [3.8, 4) is 5.75 Å². The van der Waals surface area contributed by atoms with Crippen molar-refractivity contribution in [2.24, 2.45) is 5.92 Å². The minimum atomic E-state index is -3.48. The lowest BCUT2D eigenvalue weighted by molar-refractivity contribution is 0.0968. The number of anilines is 1. The third-order valence-electron chi connectivity index (χ3n) is 5.76. The van der Waals surface area contributed by atoms with Gasteiger partial charge in [-0.25, -0.2) is 13.2 Å². The van der Waals surface area contributed by atoms with Crippen LogP contribution in [0.1, 0.15) is 86.0 Å². The van der Waals surface area contributed by atoms with Crippen molar-refractivity contribution in [3.05, 3.63) is 57.1 Å². The Bertz CT molecular complexity index is 1150. The molecular weight excluding hydrogens is 430 g/mol. The zero-order chi connectivity index (χ0) is 23.5. The largest absolute Gasteiger partial charge is 0.506 e. The molecule has 32 heavy (non-hydrogen) atoms. The highest BCUT2D eigenvalue weighted by Crippen LogP contribution is 2.39. The molecule has 0 bridgehead atoms. The standard InChI is InChI=1S/C24H31NO6S/c1-4-13-32(29,30)25-17-10-8-9-16(14-17)20(15(2)3)22-23(27)21-18(26)11-6-5-7-12-19(21)31-24(22)28/h8-10,14-15,20,25,27H,4-7,11-13H2,1-3H3. The molecule has 1 aromatic heterocycles. The molecule has 0 spiro atoms. The summed E-state index contributed by atoms with van der Waals surface area (Å²) in [6, 6.07) is 6.78. The molecule has 1 aliphatic rings. The van der Waals surface area contributed by atoms with Crippen LogP contribution in [0.5, 0.6) is 5.75 Å². The van der Waals surface area contributed by atoms with E-state index in [9.17, 15) is 23.1 Å². The summed E-state index contributed by atoms with van der Waals surface area (Å²) in [5.74, 6) is -0.977. The van der Waals surface area contributed by atoms with Gasteiger partial charge < -0.3 is 9.52 Å². The molecule has 7 nitrogen and oxygen atoms in total. The molecule has 2 N–H and O–H groups in total. The molecule has 1 unspecified atom stereocenters. The zero-order valence-corrected chi connectivity index (χ0v) is 19.6. The van der Waals surface area contributed by atoms with E-state index in [-0.39, 0.29) is 40.1 Å². The van der Waals surface area contributed by atoms with E-state index in [0.29, 0.717) is 30.5 Å². The van der Waals surface area contributed by atoms with Gasteiger partial charge in [-0.05, 0) is 42.9 Å². The quantitative estimate of drug-likeness (QED) is 0.624. The molecule has 3 rings (SSSR count). The minimum Gasteiger partial charge on any atom is -0.506 e. The fourth-order valence-electron chi connectivity index (χ4n) is 4.37. The maximum atomic E-state index is 13.0. The number of sulfonamides is 1. The van der Waals surface area contributed by atoms with Gasteiger partial charge in [0.2, 0.25) is 10.0 Å². The van der Waals surface area contributed by atoms with Crippen LogP contribution in [0.2, 0.25) is 0 Å². The lowest BCUT2D eigenvalue weighted by Gasteiger charge is -2.24. The van der Waals surface area contributed by atoms with E-state index in [0.717, 1.165) is 19.3 Å². The van der Waals surface area contributed by atoms with E-state index in [1.54, 1.807) is 31.2 Å². The molecule has 0 saturated carbocycles. The van der Waals surface area contributed by atoms with Crippen LogP contribution < -0.4 is 10.3 Å². The molecule has 0 radical (unpaired) electrons. The molecule has 8 heteroatoms. The number of fused-ring (bicyclic) bond motifs is 1. The molecule has 1 atom stereocenters. The average Bonchev–Trinajstić information content (AvgIpc) is 2.68. The third-order valence-corrected chi connectivity index (χ3v) is 7.26. The number of hydrogen-bond acceptors (Lipinski definition) is 6. The van der Waals surface area contributed by atoms with Crippen molar-refractivity contribution in [2.45, 2.75) is 65.2 Å². The van der Waals surface area contributed by atoms with Gasteiger partial charge in [-0.2, -0.15) is 0 Å². The molecule has 0 fully saturated rings. The maximum Gasteiger partial charge on any atom is 0.343 e. The van der Waals surface area contributed by atoms with Crippen LogP contribution >= 0.6 is 0 Å². The van der Waals surface area contributed by atoms with Crippen molar-refractivity contribution >= 4 is 21.5 Å². The Morgan fingerprint density at radius 3 is 2.53 bits per heavy atom. The maximum absolute atomic E-state index is 13.0. The Labute approximate surface area is 188 Å². The second kappa shape index (κ2) is 9.90. The SMILES string of the molecule is CCCS(=O)(=O)Nc1cccc(C(c2c(O)c3c(oc2=O)CCCCCC3=O)C(C)C)c1. The summed E-state index contributed by atoms with van der Waals surface area (Å²) in [4.78, 5) is 25.7. The zero-order valence-electron chi connectivity index (χ0n) is 18.8. The summed E-state index contributed by atoms with van der Waals surface area (Å²) in [7, 11) is -3.48. The van der Waals surface area contributed by atoms with E-state index in [4.69, 9.17) is 4.42 Å². The Morgan fingerprint density at radius 1 is 1.12 bits per heavy atom. The van der Waals surface area contributed by atoms with E-state index in [1.807, 2.05) is 13.8 Å². The van der Waals surface area contributed by atoms with E-state index in [1.165, 1.54) is 0 Å². The second-order valence-electron chi connectivity index (χ2n) is 8.70. The topological polar surface area (TPSA) is 114 Å². The highest BCUT2D eigenvalue weighted by Gasteiger charge is 2.32. The van der Waals surface area contributed by atoms with Crippen molar-refractivity contribution in [1.29, 1.82) is 0 Å². The Balaban J connectivity index is 2.12. The number of rotatable bonds is 7. The number of carbonyl (C=O) groups excluding carboxylic acids is 1. The molecule has 0 aliphatic heterocycles. The fourth-order valence-corrected chi connectivity index (χ4v) is 5.50. The third kappa shape index (κ3) is 5.23. The first-order valence-corrected chi connectivity index (χ1v) is 12.8. The highest BCUT2D eigenvalue weighted by atomic mass is 32.2. The predicted octanol–water partition coefficient (Wildman–Crippen LogP) is 4.58. The van der Waals surface area contributed by atoms with Gasteiger partial charge in [-0.3, -0.25) is 9.52 Å². The van der Waals surface area contributed by atoms with Gasteiger partial charge in [0.25, 0.3) is 0 Å². The van der Waals surface area contributed by atoms with Crippen LogP contribution in [-0.4, -0.2) is 25.1 Å². The molecule has 0 amide bonds. The first-order chi connectivity index (χ1) is 15.1. The summed E-state index contributed by atoms with van der Waals surface area (Å²) in [6.07, 6.45) is 3.61. The normalized spacial score (nSPS) is 15.7. The van der Waals surface area contributed by atoms with Gasteiger partial charge in [0.15, 0.2) is 5.78 Å². The van der Waals surface area contributed by atoms with Gasteiger partial charge in [0.05, 0.1) is 16.9 Å². The van der Waals surface area contributed by atoms with Gasteiger partial charge in [0, 0.05) is 24.4 Å². The van der Waals surface area contributed by atoms with E-state index in [2.05, 4.69) is 4.72 Å². The predicted molar refractivity (Wildman–Crippen MR) is 124 cm³/mol. The first kappa shape index (κ1) is 24.0. The number of carbonyl (C=O) groups is 1. The number of ketones is 1. The molecule has 1 aromatic carbocycles. The Kier molecular flexibility index (Phi) is 7.44. The molecule has 174 valence electrons. The smallest absolute Gasteiger partial charge is 0.343 e. The number of benzene rings is 1.